The van der Waals surface area contributed by atoms with Crippen molar-refractivity contribution in [2.75, 3.05) is 5.73 Å². The summed E-state index contributed by atoms with van der Waals surface area (Å²) < 4.78 is 1.49. The predicted molar refractivity (Wildman–Crippen MR) is 62.5 cm³/mol. The lowest BCUT2D eigenvalue weighted by atomic mass is 9.98. The molecule has 1 fully saturated rings. The Bertz CT molecular complexity index is 648. The zero-order valence-electron chi connectivity index (χ0n) is 9.46. The number of nitrogens with one attached hydrogen (secondary N) is 1. The predicted octanol–water partition coefficient (Wildman–Crippen LogP) is -0.168. The number of hydrogen-bond acceptors (Lipinski definition) is 5. The van der Waals surface area contributed by atoms with E-state index in [9.17, 15) is 9.59 Å². The van der Waals surface area contributed by atoms with Crippen LogP contribution in [0.1, 0.15) is 24.6 Å². The van der Waals surface area contributed by atoms with Crippen molar-refractivity contribution in [2.24, 2.45) is 0 Å². The molecule has 1 atom stereocenters. The van der Waals surface area contributed by atoms with E-state index in [2.05, 4.69) is 15.4 Å². The van der Waals surface area contributed by atoms with E-state index in [1.807, 2.05) is 0 Å². The average molecular weight is 245 g/mol. The van der Waals surface area contributed by atoms with Gasteiger partial charge in [-0.3, -0.25) is 14.9 Å². The Morgan fingerprint density at radius 3 is 2.94 bits per heavy atom. The maximum Gasteiger partial charge on any atom is 0.237 e. The molecule has 2 aromatic rings. The molecule has 18 heavy (non-hydrogen) atoms. The Morgan fingerprint density at radius 2 is 2.22 bits per heavy atom. The van der Waals surface area contributed by atoms with Crippen molar-refractivity contribution in [1.82, 2.24) is 19.9 Å². The van der Waals surface area contributed by atoms with Crippen LogP contribution in [0.5, 0.6) is 0 Å². The highest BCUT2D eigenvalue weighted by Gasteiger charge is 2.31. The Labute approximate surface area is 102 Å². The number of nitrogen functional groups attached to an aromatic ring is 1. The first-order valence-electron chi connectivity index (χ1n) is 5.60. The van der Waals surface area contributed by atoms with Crippen LogP contribution in [0.15, 0.2) is 18.2 Å². The van der Waals surface area contributed by atoms with Crippen LogP contribution in [0.3, 0.4) is 0 Å². The van der Waals surface area contributed by atoms with Crippen LogP contribution >= 0.6 is 0 Å². The van der Waals surface area contributed by atoms with Gasteiger partial charge in [-0.2, -0.15) is 4.52 Å². The van der Waals surface area contributed by atoms with E-state index in [0.29, 0.717) is 30.1 Å². The maximum absolute atomic E-state index is 11.7. The van der Waals surface area contributed by atoms with Gasteiger partial charge in [-0.25, -0.2) is 4.98 Å². The third-order valence-corrected chi connectivity index (χ3v) is 2.96. The summed E-state index contributed by atoms with van der Waals surface area (Å²) in [6.45, 7) is 0. The fraction of sp³-hybridized carbons (Fsp3) is 0.273. The minimum Gasteiger partial charge on any atom is -0.384 e. The minimum atomic E-state index is -0.484. The number of nitrogens with zero attached hydrogens (tertiary/aromatic N) is 3. The van der Waals surface area contributed by atoms with Gasteiger partial charge in [-0.15, -0.1) is 5.10 Å². The molecular formula is C11H11N5O2. The molecule has 7 nitrogen and oxygen atoms in total. The molecule has 0 spiro atoms. The van der Waals surface area contributed by atoms with Crippen LogP contribution in [0.4, 0.5) is 5.82 Å². The summed E-state index contributed by atoms with van der Waals surface area (Å²) >= 11 is 0. The SMILES string of the molecule is Nc1cccc2nc(C3CCC(=O)NC3=O)nn12. The molecular weight excluding hydrogens is 234 g/mol. The summed E-state index contributed by atoms with van der Waals surface area (Å²) in [7, 11) is 0. The van der Waals surface area contributed by atoms with Crippen molar-refractivity contribution in [1.29, 1.82) is 0 Å². The van der Waals surface area contributed by atoms with Crippen LogP contribution in [0, 0.1) is 0 Å². The summed E-state index contributed by atoms with van der Waals surface area (Å²) in [6, 6.07) is 5.24. The summed E-state index contributed by atoms with van der Waals surface area (Å²) in [5.74, 6) is -0.223. The number of fused-ring (bicyclic) bond motifs is 1. The summed E-state index contributed by atoms with van der Waals surface area (Å²) in [4.78, 5) is 27.1. The van der Waals surface area contributed by atoms with Crippen molar-refractivity contribution in [3.05, 3.63) is 24.0 Å². The van der Waals surface area contributed by atoms with E-state index in [1.54, 1.807) is 18.2 Å². The van der Waals surface area contributed by atoms with Crippen molar-refractivity contribution in [3.63, 3.8) is 0 Å². The maximum atomic E-state index is 11.7. The Kier molecular flexibility index (Phi) is 2.26. The van der Waals surface area contributed by atoms with E-state index in [-0.39, 0.29) is 11.8 Å². The number of imide groups is 1. The first-order chi connectivity index (χ1) is 8.65. The van der Waals surface area contributed by atoms with Crippen LogP contribution in [-0.2, 0) is 9.59 Å². The van der Waals surface area contributed by atoms with Crippen LogP contribution in [0.25, 0.3) is 5.65 Å². The van der Waals surface area contributed by atoms with Crippen LogP contribution in [-0.4, -0.2) is 26.4 Å². The molecule has 0 bridgehead atoms. The second-order valence-electron chi connectivity index (χ2n) is 4.19. The molecule has 1 unspecified atom stereocenters. The number of amides is 2. The number of anilines is 1. The lowest BCUT2D eigenvalue weighted by Gasteiger charge is -2.17. The number of rotatable bonds is 1. The smallest absolute Gasteiger partial charge is 0.237 e. The van der Waals surface area contributed by atoms with Gasteiger partial charge >= 0.3 is 0 Å². The first-order valence-corrected chi connectivity index (χ1v) is 5.60. The molecule has 1 aliphatic heterocycles. The number of nitrogens with two attached hydrogens (primary N) is 1. The van der Waals surface area contributed by atoms with Crippen molar-refractivity contribution in [2.45, 2.75) is 18.8 Å². The molecule has 3 heterocycles. The second kappa shape index (κ2) is 3.80. The third-order valence-electron chi connectivity index (χ3n) is 2.96. The minimum absolute atomic E-state index is 0.250. The monoisotopic (exact) mass is 245 g/mol. The van der Waals surface area contributed by atoms with Crippen molar-refractivity contribution >= 4 is 23.3 Å². The van der Waals surface area contributed by atoms with Gasteiger partial charge in [0.05, 0.1) is 0 Å². The van der Waals surface area contributed by atoms with E-state index in [4.69, 9.17) is 5.73 Å². The molecule has 7 heteroatoms. The normalized spacial score (nSPS) is 20.1. The molecule has 92 valence electrons. The topological polar surface area (TPSA) is 102 Å². The zero-order chi connectivity index (χ0) is 12.7. The fourth-order valence-electron chi connectivity index (χ4n) is 2.03. The molecule has 3 N–H and O–H groups in total. The van der Waals surface area contributed by atoms with Crippen LogP contribution < -0.4 is 11.1 Å². The molecule has 0 saturated carbocycles. The van der Waals surface area contributed by atoms with Gasteiger partial charge in [0.2, 0.25) is 11.8 Å². The quantitative estimate of drug-likeness (QED) is 0.679. The Morgan fingerprint density at radius 1 is 1.39 bits per heavy atom. The van der Waals surface area contributed by atoms with E-state index in [0.717, 1.165) is 0 Å². The van der Waals surface area contributed by atoms with Crippen LogP contribution in [0.2, 0.25) is 0 Å². The molecule has 0 radical (unpaired) electrons. The Hall–Kier alpha value is -2.44. The zero-order valence-corrected chi connectivity index (χ0v) is 9.46. The highest BCUT2D eigenvalue weighted by atomic mass is 16.2. The average Bonchev–Trinajstić information content (AvgIpc) is 2.74. The number of hydrogen-bond donors (Lipinski definition) is 2. The van der Waals surface area contributed by atoms with E-state index >= 15 is 0 Å². The molecule has 0 aliphatic carbocycles. The van der Waals surface area contributed by atoms with Gasteiger partial charge in [0, 0.05) is 6.42 Å². The Balaban J connectivity index is 2.02. The van der Waals surface area contributed by atoms with Gasteiger partial charge < -0.3 is 5.73 Å². The van der Waals surface area contributed by atoms with E-state index < -0.39 is 5.92 Å². The molecule has 2 amide bonds. The molecule has 2 aromatic heterocycles. The van der Waals surface area contributed by atoms with Crippen molar-refractivity contribution in [3.8, 4) is 0 Å². The standard InChI is InChI=1S/C11H11N5O2/c12-7-2-1-3-8-13-10(15-16(7)8)6-4-5-9(17)14-11(6)18/h1-3,6H,4-5,12H2,(H,14,17,18). The number of carbonyl (C=O) groups is 2. The lowest BCUT2D eigenvalue weighted by molar-refractivity contribution is -0.134. The number of piperidine rings is 1. The third kappa shape index (κ3) is 1.60. The molecule has 3 rings (SSSR count). The van der Waals surface area contributed by atoms with Gasteiger partial charge in [0.15, 0.2) is 11.5 Å². The van der Waals surface area contributed by atoms with Gasteiger partial charge in [-0.05, 0) is 18.6 Å². The first kappa shape index (κ1) is 10.7. The number of pyridine rings is 1. The van der Waals surface area contributed by atoms with Gasteiger partial charge in [0.25, 0.3) is 0 Å². The highest BCUT2D eigenvalue weighted by molar-refractivity contribution is 6.00. The summed E-state index contributed by atoms with van der Waals surface area (Å²) in [6.07, 6.45) is 0.739. The lowest BCUT2D eigenvalue weighted by Crippen LogP contribution is -2.39. The molecule has 0 aromatic carbocycles. The molecule has 1 aliphatic rings. The van der Waals surface area contributed by atoms with Crippen molar-refractivity contribution < 1.29 is 9.59 Å². The summed E-state index contributed by atoms with van der Waals surface area (Å²) in [5.41, 5.74) is 6.35. The van der Waals surface area contributed by atoms with Gasteiger partial charge in [0.1, 0.15) is 11.7 Å². The highest BCUT2D eigenvalue weighted by Crippen LogP contribution is 2.22. The molecule has 1 saturated heterocycles. The van der Waals surface area contributed by atoms with Gasteiger partial charge in [-0.1, -0.05) is 6.07 Å². The van der Waals surface area contributed by atoms with E-state index in [1.165, 1.54) is 4.52 Å². The number of carbonyl (C=O) groups excluding carboxylic acids is 2. The second-order valence-corrected chi connectivity index (χ2v) is 4.19. The number of aromatic nitrogens is 3. The fourth-order valence-corrected chi connectivity index (χ4v) is 2.03. The summed E-state index contributed by atoms with van der Waals surface area (Å²) in [5, 5.41) is 6.51. The largest absolute Gasteiger partial charge is 0.384 e.